The van der Waals surface area contributed by atoms with Gasteiger partial charge < -0.3 is 24.1 Å². The van der Waals surface area contributed by atoms with Crippen LogP contribution in [0.4, 0.5) is 0 Å². The molecule has 1 fully saturated rings. The lowest BCUT2D eigenvalue weighted by Crippen LogP contribution is -2.32. The van der Waals surface area contributed by atoms with Crippen molar-refractivity contribution in [3.63, 3.8) is 0 Å². The van der Waals surface area contributed by atoms with Crippen molar-refractivity contribution < 1.29 is 24.1 Å². The van der Waals surface area contributed by atoms with E-state index in [4.69, 9.17) is 18.9 Å². The van der Waals surface area contributed by atoms with E-state index in [1.807, 2.05) is 68.4 Å². The second kappa shape index (κ2) is 8.85. The van der Waals surface area contributed by atoms with Gasteiger partial charge in [-0.1, -0.05) is 42.5 Å². The summed E-state index contributed by atoms with van der Waals surface area (Å²) in [6.07, 6.45) is -0.898. The van der Waals surface area contributed by atoms with Gasteiger partial charge in [-0.15, -0.1) is 0 Å². The van der Waals surface area contributed by atoms with E-state index in [0.29, 0.717) is 19.8 Å². The van der Waals surface area contributed by atoms with E-state index in [1.54, 1.807) is 6.92 Å². The smallest absolute Gasteiger partial charge is 0.164 e. The highest BCUT2D eigenvalue weighted by Crippen LogP contribution is 2.29. The molecular weight excluding hydrogens is 344 g/mol. The Bertz CT molecular complexity index is 696. The summed E-state index contributed by atoms with van der Waals surface area (Å²) in [5.74, 6) is 0.0713. The molecule has 1 N–H and O–H groups in total. The maximum absolute atomic E-state index is 9.58. The molecule has 1 saturated heterocycles. The molecule has 2 aromatic rings. The topological polar surface area (TPSA) is 57.2 Å². The molecule has 5 nitrogen and oxygen atoms in total. The van der Waals surface area contributed by atoms with E-state index >= 15 is 0 Å². The summed E-state index contributed by atoms with van der Waals surface area (Å²) in [5.41, 5.74) is 1.98. The Morgan fingerprint density at radius 2 is 1.59 bits per heavy atom. The highest BCUT2D eigenvalue weighted by molar-refractivity contribution is 5.28. The fourth-order valence-corrected chi connectivity index (χ4v) is 3.08. The number of aliphatic hydroxyl groups excluding tert-OH is 1. The van der Waals surface area contributed by atoms with Gasteiger partial charge in [-0.2, -0.15) is 0 Å². The van der Waals surface area contributed by atoms with Gasteiger partial charge >= 0.3 is 0 Å². The lowest BCUT2D eigenvalue weighted by Gasteiger charge is -2.18. The predicted octanol–water partition coefficient (Wildman–Crippen LogP) is 3.86. The summed E-state index contributed by atoms with van der Waals surface area (Å²) in [5, 5.41) is 9.58. The molecule has 27 heavy (non-hydrogen) atoms. The second-order valence-electron chi connectivity index (χ2n) is 7.27. The molecule has 0 radical (unpaired) electrons. The van der Waals surface area contributed by atoms with Crippen LogP contribution in [0.2, 0.25) is 0 Å². The van der Waals surface area contributed by atoms with E-state index in [9.17, 15) is 5.11 Å². The zero-order chi connectivity index (χ0) is 19.3. The molecule has 1 aliphatic rings. The van der Waals surface area contributed by atoms with E-state index < -0.39 is 11.9 Å². The van der Waals surface area contributed by atoms with Crippen LogP contribution in [0.3, 0.4) is 0 Å². The number of benzene rings is 2. The first-order valence-electron chi connectivity index (χ1n) is 9.31. The standard InChI is InChI=1S/C22H28O5/c1-16(23)18-9-11-19(12-10-18)25-15-21-20(26-22(2,3)27-21)14-24-13-17-7-5-4-6-8-17/h4-12,16,20-21,23H,13-15H2,1-3H3. The van der Waals surface area contributed by atoms with Crippen molar-refractivity contribution in [3.8, 4) is 5.75 Å². The molecule has 0 bridgehead atoms. The first kappa shape index (κ1) is 19.8. The first-order chi connectivity index (χ1) is 12.9. The molecule has 0 spiro atoms. The van der Waals surface area contributed by atoms with Gasteiger partial charge in [0, 0.05) is 0 Å². The molecule has 0 aromatic heterocycles. The van der Waals surface area contributed by atoms with Crippen molar-refractivity contribution in [2.24, 2.45) is 0 Å². The zero-order valence-corrected chi connectivity index (χ0v) is 16.1. The summed E-state index contributed by atoms with van der Waals surface area (Å²) in [4.78, 5) is 0. The predicted molar refractivity (Wildman–Crippen MR) is 102 cm³/mol. The number of aliphatic hydroxyl groups is 1. The van der Waals surface area contributed by atoms with Crippen molar-refractivity contribution in [1.29, 1.82) is 0 Å². The second-order valence-corrected chi connectivity index (χ2v) is 7.27. The largest absolute Gasteiger partial charge is 0.491 e. The molecule has 1 aliphatic heterocycles. The number of hydrogen-bond acceptors (Lipinski definition) is 5. The third-order valence-corrected chi connectivity index (χ3v) is 4.46. The molecule has 0 amide bonds. The first-order valence-corrected chi connectivity index (χ1v) is 9.31. The average molecular weight is 372 g/mol. The molecule has 3 rings (SSSR count). The third-order valence-electron chi connectivity index (χ3n) is 4.46. The van der Waals surface area contributed by atoms with Crippen molar-refractivity contribution in [2.45, 2.75) is 51.5 Å². The Morgan fingerprint density at radius 1 is 0.963 bits per heavy atom. The summed E-state index contributed by atoms with van der Waals surface area (Å²) in [6.45, 7) is 6.88. The van der Waals surface area contributed by atoms with Crippen LogP contribution in [0, 0.1) is 0 Å². The SMILES string of the molecule is CC(O)c1ccc(OCC2OC(C)(C)OC2COCc2ccccc2)cc1. The fourth-order valence-electron chi connectivity index (χ4n) is 3.08. The highest BCUT2D eigenvalue weighted by Gasteiger charge is 2.41. The Hall–Kier alpha value is -1.92. The Labute approximate surface area is 160 Å². The van der Waals surface area contributed by atoms with Crippen LogP contribution in [0.15, 0.2) is 54.6 Å². The summed E-state index contributed by atoms with van der Waals surface area (Å²) in [6, 6.07) is 17.5. The molecule has 3 unspecified atom stereocenters. The van der Waals surface area contributed by atoms with Gasteiger partial charge in [0.25, 0.3) is 0 Å². The van der Waals surface area contributed by atoms with Crippen LogP contribution in [0.1, 0.15) is 38.0 Å². The Balaban J connectivity index is 1.52. The van der Waals surface area contributed by atoms with Gasteiger partial charge in [-0.05, 0) is 44.0 Å². The van der Waals surface area contributed by atoms with Crippen molar-refractivity contribution in [2.75, 3.05) is 13.2 Å². The van der Waals surface area contributed by atoms with Crippen LogP contribution in [0.25, 0.3) is 0 Å². The minimum atomic E-state index is -0.662. The van der Waals surface area contributed by atoms with E-state index in [2.05, 4.69) is 0 Å². The van der Waals surface area contributed by atoms with Crippen LogP contribution in [-0.4, -0.2) is 36.3 Å². The molecule has 146 valence electrons. The zero-order valence-electron chi connectivity index (χ0n) is 16.1. The number of rotatable bonds is 8. The summed E-state index contributed by atoms with van der Waals surface area (Å²) < 4.78 is 23.7. The molecular formula is C22H28O5. The molecule has 1 heterocycles. The van der Waals surface area contributed by atoms with E-state index in [1.165, 1.54) is 0 Å². The normalized spacial score (nSPS) is 22.5. The maximum Gasteiger partial charge on any atom is 0.164 e. The average Bonchev–Trinajstić information content (AvgIpc) is 2.95. The minimum Gasteiger partial charge on any atom is -0.491 e. The van der Waals surface area contributed by atoms with Crippen molar-refractivity contribution in [1.82, 2.24) is 0 Å². The molecule has 5 heteroatoms. The molecule has 0 saturated carbocycles. The van der Waals surface area contributed by atoms with Crippen molar-refractivity contribution in [3.05, 3.63) is 65.7 Å². The molecule has 2 aromatic carbocycles. The van der Waals surface area contributed by atoms with E-state index in [-0.39, 0.29) is 12.2 Å². The van der Waals surface area contributed by atoms with E-state index in [0.717, 1.165) is 16.9 Å². The highest BCUT2D eigenvalue weighted by atomic mass is 16.8. The van der Waals surface area contributed by atoms with Gasteiger partial charge in [0.05, 0.1) is 19.3 Å². The van der Waals surface area contributed by atoms with Crippen LogP contribution >= 0.6 is 0 Å². The van der Waals surface area contributed by atoms with Gasteiger partial charge in [0.1, 0.15) is 24.6 Å². The van der Waals surface area contributed by atoms with Crippen molar-refractivity contribution >= 4 is 0 Å². The van der Waals surface area contributed by atoms with Crippen LogP contribution in [0.5, 0.6) is 5.75 Å². The molecule has 3 atom stereocenters. The number of hydrogen-bond donors (Lipinski definition) is 1. The molecule has 0 aliphatic carbocycles. The van der Waals surface area contributed by atoms with Gasteiger partial charge in [-0.3, -0.25) is 0 Å². The summed E-state index contributed by atoms with van der Waals surface area (Å²) in [7, 11) is 0. The minimum absolute atomic E-state index is 0.194. The van der Waals surface area contributed by atoms with Crippen LogP contribution in [-0.2, 0) is 20.8 Å². The van der Waals surface area contributed by atoms with Gasteiger partial charge in [0.2, 0.25) is 0 Å². The maximum atomic E-state index is 9.58. The Kier molecular flexibility index (Phi) is 6.50. The van der Waals surface area contributed by atoms with Gasteiger partial charge in [0.15, 0.2) is 5.79 Å². The summed E-state index contributed by atoms with van der Waals surface area (Å²) >= 11 is 0. The lowest BCUT2D eigenvalue weighted by atomic mass is 10.1. The van der Waals surface area contributed by atoms with Crippen LogP contribution < -0.4 is 4.74 Å². The lowest BCUT2D eigenvalue weighted by molar-refractivity contribution is -0.152. The quantitative estimate of drug-likeness (QED) is 0.763. The third kappa shape index (κ3) is 5.78. The van der Waals surface area contributed by atoms with Gasteiger partial charge in [-0.25, -0.2) is 0 Å². The number of ether oxygens (including phenoxy) is 4. The monoisotopic (exact) mass is 372 g/mol. The Morgan fingerprint density at radius 3 is 2.22 bits per heavy atom. The fraction of sp³-hybridized carbons (Fsp3) is 0.455.